The highest BCUT2D eigenvalue weighted by Gasteiger charge is 2.44. The van der Waals surface area contributed by atoms with Gasteiger partial charge in [-0.3, -0.25) is 4.79 Å². The Bertz CT molecular complexity index is 722. The van der Waals surface area contributed by atoms with Crippen LogP contribution in [0.2, 0.25) is 0 Å². The summed E-state index contributed by atoms with van der Waals surface area (Å²) in [6.07, 6.45) is 0. The second-order valence-electron chi connectivity index (χ2n) is 5.80. The minimum absolute atomic E-state index is 0.334. The van der Waals surface area contributed by atoms with Gasteiger partial charge in [0.1, 0.15) is 5.92 Å². The van der Waals surface area contributed by atoms with Gasteiger partial charge in [-0.2, -0.15) is 10.5 Å². The van der Waals surface area contributed by atoms with Crippen LogP contribution in [0.25, 0.3) is 0 Å². The van der Waals surface area contributed by atoms with E-state index in [1.807, 2.05) is 37.3 Å². The van der Waals surface area contributed by atoms with Crippen molar-refractivity contribution >= 4 is 17.7 Å². The van der Waals surface area contributed by atoms with E-state index in [4.69, 9.17) is 0 Å². The molecule has 0 saturated carbocycles. The first-order valence-electron chi connectivity index (χ1n) is 6.94. The van der Waals surface area contributed by atoms with Crippen LogP contribution < -0.4 is 5.32 Å². The molecule has 0 aliphatic carbocycles. The third-order valence-electron chi connectivity index (χ3n) is 3.97. The topological polar surface area (TPSA) is 76.7 Å². The Morgan fingerprint density at radius 1 is 1.32 bits per heavy atom. The zero-order valence-electron chi connectivity index (χ0n) is 12.8. The fourth-order valence-corrected chi connectivity index (χ4v) is 3.71. The zero-order valence-corrected chi connectivity index (χ0v) is 13.6. The van der Waals surface area contributed by atoms with Crippen LogP contribution in [-0.2, 0) is 10.5 Å². The Morgan fingerprint density at radius 3 is 2.59 bits per heavy atom. The Morgan fingerprint density at radius 2 is 2.00 bits per heavy atom. The molecule has 22 heavy (non-hydrogen) atoms. The van der Waals surface area contributed by atoms with Crippen molar-refractivity contribution in [1.29, 1.82) is 10.5 Å². The Labute approximate surface area is 134 Å². The third-order valence-corrected chi connectivity index (χ3v) is 5.02. The maximum Gasteiger partial charge on any atom is 0.243 e. The number of benzene rings is 1. The number of nitrogens with one attached hydrogen (secondary N) is 1. The van der Waals surface area contributed by atoms with Crippen molar-refractivity contribution < 1.29 is 4.79 Å². The predicted molar refractivity (Wildman–Crippen MR) is 86.1 cm³/mol. The molecule has 0 unspecified atom stereocenters. The van der Waals surface area contributed by atoms with Crippen LogP contribution in [-0.4, -0.2) is 5.91 Å². The van der Waals surface area contributed by atoms with Crippen LogP contribution >= 0.6 is 11.8 Å². The van der Waals surface area contributed by atoms with Gasteiger partial charge in [0.2, 0.25) is 5.91 Å². The van der Waals surface area contributed by atoms with Crippen molar-refractivity contribution in [1.82, 2.24) is 5.32 Å². The van der Waals surface area contributed by atoms with E-state index in [1.54, 1.807) is 13.8 Å². The van der Waals surface area contributed by atoms with Crippen LogP contribution in [0, 0.1) is 40.9 Å². The molecule has 1 N–H and O–H groups in total. The number of thioether (sulfide) groups is 1. The van der Waals surface area contributed by atoms with Gasteiger partial charge < -0.3 is 5.32 Å². The smallest absolute Gasteiger partial charge is 0.243 e. The van der Waals surface area contributed by atoms with E-state index < -0.39 is 11.3 Å². The largest absolute Gasteiger partial charge is 0.319 e. The first-order valence-corrected chi connectivity index (χ1v) is 7.93. The molecule has 5 heteroatoms. The van der Waals surface area contributed by atoms with E-state index >= 15 is 0 Å². The third kappa shape index (κ3) is 2.86. The van der Waals surface area contributed by atoms with E-state index in [0.29, 0.717) is 16.4 Å². The number of hydrogen-bond acceptors (Lipinski definition) is 4. The van der Waals surface area contributed by atoms with E-state index in [-0.39, 0.29) is 5.91 Å². The maximum absolute atomic E-state index is 12.1. The minimum Gasteiger partial charge on any atom is -0.319 e. The van der Waals surface area contributed by atoms with E-state index in [9.17, 15) is 15.3 Å². The summed E-state index contributed by atoms with van der Waals surface area (Å²) in [6.45, 7) is 5.57. The van der Waals surface area contributed by atoms with Gasteiger partial charge in [0, 0.05) is 11.2 Å². The summed E-state index contributed by atoms with van der Waals surface area (Å²) >= 11 is 1.43. The van der Waals surface area contributed by atoms with Gasteiger partial charge in [-0.15, -0.1) is 11.8 Å². The summed E-state index contributed by atoms with van der Waals surface area (Å²) in [5.41, 5.74) is 2.02. The van der Waals surface area contributed by atoms with E-state index in [0.717, 1.165) is 5.56 Å². The summed E-state index contributed by atoms with van der Waals surface area (Å²) in [7, 11) is 0. The summed E-state index contributed by atoms with van der Waals surface area (Å²) < 4.78 is 0. The van der Waals surface area contributed by atoms with Crippen LogP contribution in [0.3, 0.4) is 0 Å². The average Bonchev–Trinajstić information content (AvgIpc) is 2.46. The van der Waals surface area contributed by atoms with Crippen molar-refractivity contribution in [2.24, 2.45) is 11.3 Å². The highest BCUT2D eigenvalue weighted by Crippen LogP contribution is 2.42. The lowest BCUT2D eigenvalue weighted by Crippen LogP contribution is -2.44. The molecule has 0 saturated heterocycles. The molecule has 0 radical (unpaired) electrons. The quantitative estimate of drug-likeness (QED) is 0.929. The summed E-state index contributed by atoms with van der Waals surface area (Å²) in [5, 5.41) is 21.9. The Balaban J connectivity index is 2.31. The Hall–Kier alpha value is -2.24. The van der Waals surface area contributed by atoms with Crippen molar-refractivity contribution in [3.8, 4) is 12.1 Å². The molecule has 2 rings (SSSR count). The molecule has 4 nitrogen and oxygen atoms in total. The highest BCUT2D eigenvalue weighted by atomic mass is 32.2. The van der Waals surface area contributed by atoms with Crippen LogP contribution in [0.1, 0.15) is 25.0 Å². The molecule has 1 aromatic carbocycles. The summed E-state index contributed by atoms with van der Waals surface area (Å²) in [6, 6.07) is 12.2. The second kappa shape index (κ2) is 6.25. The number of nitrogens with zero attached hydrogens (tertiary/aromatic N) is 2. The Kier molecular flexibility index (Phi) is 4.59. The number of rotatable bonds is 3. The van der Waals surface area contributed by atoms with Gasteiger partial charge in [0.05, 0.1) is 22.7 Å². The molecule has 1 aliphatic heterocycles. The summed E-state index contributed by atoms with van der Waals surface area (Å²) in [4.78, 5) is 12.1. The average molecular weight is 311 g/mol. The van der Waals surface area contributed by atoms with Crippen LogP contribution in [0.5, 0.6) is 0 Å². The predicted octanol–water partition coefficient (Wildman–Crippen LogP) is 3.26. The number of aryl methyl sites for hydroxylation is 1. The van der Waals surface area contributed by atoms with Crippen LogP contribution in [0.4, 0.5) is 0 Å². The monoisotopic (exact) mass is 311 g/mol. The highest BCUT2D eigenvalue weighted by molar-refractivity contribution is 8.02. The fraction of sp³-hybridized carbons (Fsp3) is 0.353. The van der Waals surface area contributed by atoms with Gasteiger partial charge in [-0.25, -0.2) is 0 Å². The molecule has 1 amide bonds. The molecule has 0 aromatic heterocycles. The molecule has 0 spiro atoms. The standard InChI is InChI=1S/C17H17N3OS/c1-11-6-4-5-7-12(11)10-22-16-14(9-19)17(2,3)13(8-18)15(21)20-16/h4-7,13H,10H2,1-3H3,(H,20,21)/t13-/m1/s1. The van der Waals surface area contributed by atoms with Gasteiger partial charge in [0.15, 0.2) is 0 Å². The second-order valence-corrected chi connectivity index (χ2v) is 6.79. The van der Waals surface area contributed by atoms with Crippen LogP contribution in [0.15, 0.2) is 34.9 Å². The number of carbonyl (C=O) groups is 1. The molecule has 0 fully saturated rings. The molecular weight excluding hydrogens is 294 g/mol. The molecule has 1 heterocycles. The molecule has 112 valence electrons. The van der Waals surface area contributed by atoms with E-state index in [2.05, 4.69) is 11.4 Å². The molecule has 1 aliphatic rings. The molecule has 0 bridgehead atoms. The number of hydrogen-bond donors (Lipinski definition) is 1. The maximum atomic E-state index is 12.1. The number of allylic oxidation sites excluding steroid dienone is 1. The fourth-order valence-electron chi connectivity index (χ4n) is 2.46. The molecule has 1 atom stereocenters. The van der Waals surface area contributed by atoms with Gasteiger partial charge in [-0.05, 0) is 18.1 Å². The molecule has 1 aromatic rings. The normalized spacial score (nSPS) is 20.0. The van der Waals surface area contributed by atoms with Crippen molar-refractivity contribution in [2.75, 3.05) is 0 Å². The zero-order chi connectivity index (χ0) is 16.3. The van der Waals surface area contributed by atoms with Gasteiger partial charge >= 0.3 is 0 Å². The van der Waals surface area contributed by atoms with Crippen molar-refractivity contribution in [2.45, 2.75) is 26.5 Å². The minimum atomic E-state index is -0.843. The first-order chi connectivity index (χ1) is 10.4. The van der Waals surface area contributed by atoms with Crippen molar-refractivity contribution in [3.05, 3.63) is 46.0 Å². The van der Waals surface area contributed by atoms with Gasteiger partial charge in [0.25, 0.3) is 0 Å². The lowest BCUT2D eigenvalue weighted by Gasteiger charge is -2.34. The molecular formula is C17H17N3OS. The lowest BCUT2D eigenvalue weighted by atomic mass is 9.72. The SMILES string of the molecule is Cc1ccccc1CSC1=C(C#N)C(C)(C)[C@H](C#N)C(=O)N1. The number of amides is 1. The number of nitriles is 2. The van der Waals surface area contributed by atoms with Crippen molar-refractivity contribution in [3.63, 3.8) is 0 Å². The van der Waals surface area contributed by atoms with E-state index in [1.165, 1.54) is 17.3 Å². The summed E-state index contributed by atoms with van der Waals surface area (Å²) in [5.74, 6) is -0.510. The van der Waals surface area contributed by atoms with Gasteiger partial charge in [-0.1, -0.05) is 38.1 Å². The number of carbonyl (C=O) groups excluding carboxylic acids is 1. The lowest BCUT2D eigenvalue weighted by molar-refractivity contribution is -0.125. The first kappa shape index (κ1) is 16.1.